The molecule has 0 aliphatic rings. The van der Waals surface area contributed by atoms with Gasteiger partial charge in [-0.2, -0.15) is 13.9 Å². The number of amides is 1. The fraction of sp³-hybridized carbons (Fsp3) is 0.308. The minimum absolute atomic E-state index is 0.0423. The van der Waals surface area contributed by atoms with Gasteiger partial charge in [-0.3, -0.25) is 9.89 Å². The van der Waals surface area contributed by atoms with Gasteiger partial charge in [0.1, 0.15) is 17.9 Å². The first kappa shape index (κ1) is 14.9. The third kappa shape index (κ3) is 4.83. The normalized spacial score (nSPS) is 10.6. The van der Waals surface area contributed by atoms with Crippen LogP contribution in [0, 0.1) is 0 Å². The van der Waals surface area contributed by atoms with E-state index in [2.05, 4.69) is 25.2 Å². The maximum Gasteiger partial charge on any atom is 0.387 e. The van der Waals surface area contributed by atoms with Crippen LogP contribution in [0.3, 0.4) is 0 Å². The molecule has 0 saturated carbocycles. The Labute approximate surface area is 119 Å². The van der Waals surface area contributed by atoms with Gasteiger partial charge in [0, 0.05) is 18.5 Å². The van der Waals surface area contributed by atoms with Crippen LogP contribution in [0.1, 0.15) is 22.6 Å². The summed E-state index contributed by atoms with van der Waals surface area (Å²) in [4.78, 5) is 15.8. The summed E-state index contributed by atoms with van der Waals surface area (Å²) in [7, 11) is 0. The number of aromatic nitrogens is 3. The van der Waals surface area contributed by atoms with Crippen LogP contribution in [-0.4, -0.2) is 34.2 Å². The van der Waals surface area contributed by atoms with Crippen LogP contribution in [0.4, 0.5) is 8.78 Å². The first-order valence-electron chi connectivity index (χ1n) is 6.32. The van der Waals surface area contributed by atoms with Gasteiger partial charge in [-0.25, -0.2) is 4.98 Å². The zero-order valence-electron chi connectivity index (χ0n) is 11.1. The van der Waals surface area contributed by atoms with E-state index in [1.807, 2.05) is 0 Å². The zero-order chi connectivity index (χ0) is 15.1. The van der Waals surface area contributed by atoms with Crippen molar-refractivity contribution in [1.29, 1.82) is 0 Å². The van der Waals surface area contributed by atoms with Crippen molar-refractivity contribution in [3.05, 3.63) is 42.0 Å². The number of H-pyrrole nitrogens is 1. The van der Waals surface area contributed by atoms with E-state index >= 15 is 0 Å². The standard InChI is InChI=1S/C13H14F2N4O2/c14-13(15)21-10-4-1-3-9(7-10)12(20)16-6-2-5-11-17-8-18-19-11/h1,3-4,7-8,13H,2,5-6H2,(H,16,20)(H,17,18,19). The highest BCUT2D eigenvalue weighted by Gasteiger charge is 2.09. The molecule has 1 heterocycles. The Hall–Kier alpha value is -2.51. The van der Waals surface area contributed by atoms with Gasteiger partial charge in [-0.1, -0.05) is 6.07 Å². The maximum atomic E-state index is 12.1. The molecule has 0 saturated heterocycles. The molecule has 0 aliphatic heterocycles. The summed E-state index contributed by atoms with van der Waals surface area (Å²) in [5.41, 5.74) is 0.271. The van der Waals surface area contributed by atoms with Crippen LogP contribution in [0.15, 0.2) is 30.6 Å². The molecular weight excluding hydrogens is 282 g/mol. The molecule has 0 atom stereocenters. The number of ether oxygens (including phenoxy) is 1. The van der Waals surface area contributed by atoms with Gasteiger partial charge in [0.05, 0.1) is 0 Å². The summed E-state index contributed by atoms with van der Waals surface area (Å²) in [6.07, 6.45) is 2.77. The number of carbonyl (C=O) groups excluding carboxylic acids is 1. The van der Waals surface area contributed by atoms with Crippen LogP contribution in [0.25, 0.3) is 0 Å². The first-order valence-corrected chi connectivity index (χ1v) is 6.32. The van der Waals surface area contributed by atoms with Crippen molar-refractivity contribution in [2.45, 2.75) is 19.5 Å². The van der Waals surface area contributed by atoms with Gasteiger partial charge in [-0.15, -0.1) is 0 Å². The van der Waals surface area contributed by atoms with Crippen LogP contribution < -0.4 is 10.1 Å². The van der Waals surface area contributed by atoms with Gasteiger partial charge >= 0.3 is 6.61 Å². The average molecular weight is 296 g/mol. The van der Waals surface area contributed by atoms with Crippen molar-refractivity contribution in [1.82, 2.24) is 20.5 Å². The highest BCUT2D eigenvalue weighted by atomic mass is 19.3. The van der Waals surface area contributed by atoms with Crippen molar-refractivity contribution >= 4 is 5.91 Å². The summed E-state index contributed by atoms with van der Waals surface area (Å²) in [5, 5.41) is 9.14. The second-order valence-electron chi connectivity index (χ2n) is 4.20. The number of carbonyl (C=O) groups is 1. The Kier molecular flexibility index (Phi) is 5.19. The van der Waals surface area contributed by atoms with Crippen molar-refractivity contribution in [3.8, 4) is 5.75 Å². The molecule has 0 fully saturated rings. The highest BCUT2D eigenvalue weighted by molar-refractivity contribution is 5.94. The van der Waals surface area contributed by atoms with E-state index in [-0.39, 0.29) is 17.2 Å². The summed E-state index contributed by atoms with van der Waals surface area (Å²) >= 11 is 0. The fourth-order valence-corrected chi connectivity index (χ4v) is 1.72. The number of hydrogen-bond donors (Lipinski definition) is 2. The Morgan fingerprint density at radius 2 is 2.29 bits per heavy atom. The number of hydrogen-bond acceptors (Lipinski definition) is 4. The lowest BCUT2D eigenvalue weighted by Crippen LogP contribution is -2.24. The van der Waals surface area contributed by atoms with E-state index in [4.69, 9.17) is 0 Å². The second-order valence-corrected chi connectivity index (χ2v) is 4.20. The van der Waals surface area contributed by atoms with Crippen molar-refractivity contribution in [3.63, 3.8) is 0 Å². The van der Waals surface area contributed by atoms with Crippen LogP contribution in [0.5, 0.6) is 5.75 Å². The molecule has 0 aliphatic carbocycles. The third-order valence-electron chi connectivity index (χ3n) is 2.66. The third-order valence-corrected chi connectivity index (χ3v) is 2.66. The Morgan fingerprint density at radius 3 is 3.00 bits per heavy atom. The number of aromatic amines is 1. The smallest absolute Gasteiger partial charge is 0.387 e. The number of nitrogens with one attached hydrogen (secondary N) is 2. The van der Waals surface area contributed by atoms with E-state index in [1.165, 1.54) is 30.6 Å². The monoisotopic (exact) mass is 296 g/mol. The van der Waals surface area contributed by atoms with Crippen LogP contribution >= 0.6 is 0 Å². The summed E-state index contributed by atoms with van der Waals surface area (Å²) < 4.78 is 28.4. The Balaban J connectivity index is 1.79. The minimum atomic E-state index is -2.91. The SMILES string of the molecule is O=C(NCCCc1ncn[nH]1)c1cccc(OC(F)F)c1. The van der Waals surface area contributed by atoms with Crippen molar-refractivity contribution in [2.24, 2.45) is 0 Å². The predicted molar refractivity (Wildman–Crippen MR) is 70.1 cm³/mol. The Bertz CT molecular complexity index is 575. The molecule has 2 aromatic rings. The molecule has 1 amide bonds. The number of halogens is 2. The van der Waals surface area contributed by atoms with Gasteiger partial charge < -0.3 is 10.1 Å². The molecule has 1 aromatic heterocycles. The molecule has 112 valence electrons. The van der Waals surface area contributed by atoms with Gasteiger partial charge in [-0.05, 0) is 24.6 Å². The van der Waals surface area contributed by atoms with E-state index in [1.54, 1.807) is 0 Å². The van der Waals surface area contributed by atoms with Crippen LogP contribution in [0.2, 0.25) is 0 Å². The summed E-state index contributed by atoms with van der Waals surface area (Å²) in [5.74, 6) is 0.364. The molecule has 0 spiro atoms. The molecule has 0 radical (unpaired) electrons. The summed E-state index contributed by atoms with van der Waals surface area (Å²) in [6, 6.07) is 5.66. The topological polar surface area (TPSA) is 79.9 Å². The molecule has 21 heavy (non-hydrogen) atoms. The lowest BCUT2D eigenvalue weighted by Gasteiger charge is -2.07. The summed E-state index contributed by atoms with van der Waals surface area (Å²) in [6.45, 7) is -2.47. The molecule has 2 rings (SSSR count). The van der Waals surface area contributed by atoms with Crippen molar-refractivity contribution in [2.75, 3.05) is 6.54 Å². The molecule has 8 heteroatoms. The van der Waals surface area contributed by atoms with Gasteiger partial charge in [0.2, 0.25) is 0 Å². The quantitative estimate of drug-likeness (QED) is 0.763. The van der Waals surface area contributed by atoms with E-state index in [0.717, 1.165) is 5.82 Å². The number of benzene rings is 1. The number of alkyl halides is 2. The van der Waals surface area contributed by atoms with E-state index < -0.39 is 6.61 Å². The van der Waals surface area contributed by atoms with E-state index in [0.29, 0.717) is 19.4 Å². The van der Waals surface area contributed by atoms with E-state index in [9.17, 15) is 13.6 Å². The second kappa shape index (κ2) is 7.32. The largest absolute Gasteiger partial charge is 0.435 e. The van der Waals surface area contributed by atoms with Crippen LogP contribution in [-0.2, 0) is 6.42 Å². The van der Waals surface area contributed by atoms with Gasteiger partial charge in [0.25, 0.3) is 5.91 Å². The zero-order valence-corrected chi connectivity index (χ0v) is 11.1. The molecule has 0 bridgehead atoms. The molecular formula is C13H14F2N4O2. The lowest BCUT2D eigenvalue weighted by molar-refractivity contribution is -0.0498. The van der Waals surface area contributed by atoms with Crippen molar-refractivity contribution < 1.29 is 18.3 Å². The number of nitrogens with zero attached hydrogens (tertiary/aromatic N) is 2. The predicted octanol–water partition coefficient (Wildman–Crippen LogP) is 1.77. The maximum absolute atomic E-state index is 12.1. The van der Waals surface area contributed by atoms with Gasteiger partial charge in [0.15, 0.2) is 0 Å². The molecule has 2 N–H and O–H groups in total. The Morgan fingerprint density at radius 1 is 1.43 bits per heavy atom. The molecule has 6 nitrogen and oxygen atoms in total. The fourth-order valence-electron chi connectivity index (χ4n) is 1.72. The minimum Gasteiger partial charge on any atom is -0.435 e. The number of rotatable bonds is 7. The lowest BCUT2D eigenvalue weighted by atomic mass is 10.2. The number of aryl methyl sites for hydroxylation is 1. The highest BCUT2D eigenvalue weighted by Crippen LogP contribution is 2.15. The average Bonchev–Trinajstić information content (AvgIpc) is 2.96. The first-order chi connectivity index (χ1) is 10.1. The molecule has 1 aromatic carbocycles. The molecule has 0 unspecified atom stereocenters.